The summed E-state index contributed by atoms with van der Waals surface area (Å²) in [5.41, 5.74) is 6.68. The fraction of sp³-hybridized carbons (Fsp3) is 0.533. The molecule has 0 aliphatic heterocycles. The Morgan fingerprint density at radius 3 is 2.52 bits per heavy atom. The molecule has 1 aromatic rings. The van der Waals surface area contributed by atoms with Gasteiger partial charge in [-0.2, -0.15) is 0 Å². The number of guanidine groups is 1. The number of benzene rings is 1. The van der Waals surface area contributed by atoms with Gasteiger partial charge in [-0.15, -0.1) is 24.0 Å². The molecule has 4 N–H and O–H groups in total. The van der Waals surface area contributed by atoms with Crippen molar-refractivity contribution in [3.8, 4) is 0 Å². The molecule has 130 valence electrons. The molecule has 0 spiro atoms. The van der Waals surface area contributed by atoms with E-state index in [0.717, 1.165) is 18.7 Å². The maximum absolute atomic E-state index is 10.5. The Balaban J connectivity index is 0.00000484. The number of rotatable bonds is 10. The van der Waals surface area contributed by atoms with Gasteiger partial charge in [0, 0.05) is 37.5 Å². The number of non-ortho nitro benzene ring substituents is 1. The largest absolute Gasteiger partial charge is 0.383 e. The number of hydrogen-bond acceptors (Lipinski definition) is 4. The van der Waals surface area contributed by atoms with Crippen molar-refractivity contribution in [3.63, 3.8) is 0 Å². The normalized spacial score (nSPS) is 10.7. The van der Waals surface area contributed by atoms with Gasteiger partial charge in [-0.1, -0.05) is 26.2 Å². The van der Waals surface area contributed by atoms with Gasteiger partial charge < -0.3 is 16.4 Å². The number of halogens is 1. The molecule has 0 aliphatic rings. The summed E-state index contributed by atoms with van der Waals surface area (Å²) < 4.78 is 0. The molecule has 0 unspecified atom stereocenters. The lowest BCUT2D eigenvalue weighted by molar-refractivity contribution is -0.384. The van der Waals surface area contributed by atoms with Gasteiger partial charge in [0.15, 0.2) is 5.96 Å². The van der Waals surface area contributed by atoms with E-state index in [0.29, 0.717) is 19.0 Å². The van der Waals surface area contributed by atoms with Crippen molar-refractivity contribution in [2.24, 2.45) is 10.7 Å². The van der Waals surface area contributed by atoms with E-state index in [2.05, 4.69) is 22.5 Å². The summed E-state index contributed by atoms with van der Waals surface area (Å²) >= 11 is 0. The van der Waals surface area contributed by atoms with Crippen LogP contribution in [0.5, 0.6) is 0 Å². The molecule has 0 aromatic heterocycles. The molecule has 23 heavy (non-hydrogen) atoms. The number of aliphatic imine (C=N–C) groups is 1. The summed E-state index contributed by atoms with van der Waals surface area (Å²) in [7, 11) is 0. The molecule has 0 heterocycles. The lowest BCUT2D eigenvalue weighted by Gasteiger charge is -2.08. The van der Waals surface area contributed by atoms with Crippen molar-refractivity contribution >= 4 is 41.3 Å². The van der Waals surface area contributed by atoms with Crippen molar-refractivity contribution in [2.75, 3.05) is 25.0 Å². The van der Waals surface area contributed by atoms with E-state index in [1.807, 2.05) is 0 Å². The number of nitrogens with zero attached hydrogens (tertiary/aromatic N) is 2. The van der Waals surface area contributed by atoms with E-state index < -0.39 is 4.92 Å². The zero-order chi connectivity index (χ0) is 16.2. The highest BCUT2D eigenvalue weighted by molar-refractivity contribution is 14.0. The zero-order valence-corrected chi connectivity index (χ0v) is 15.8. The number of anilines is 1. The Kier molecular flexibility index (Phi) is 12.0. The fourth-order valence-electron chi connectivity index (χ4n) is 1.89. The van der Waals surface area contributed by atoms with Gasteiger partial charge in [0.05, 0.1) is 4.92 Å². The molecule has 0 aliphatic carbocycles. The summed E-state index contributed by atoms with van der Waals surface area (Å²) in [6.07, 6.45) is 4.71. The Morgan fingerprint density at radius 1 is 1.22 bits per heavy atom. The molecule has 8 heteroatoms. The third-order valence-electron chi connectivity index (χ3n) is 3.13. The van der Waals surface area contributed by atoms with Crippen molar-refractivity contribution in [1.29, 1.82) is 0 Å². The van der Waals surface area contributed by atoms with Crippen LogP contribution >= 0.6 is 24.0 Å². The minimum atomic E-state index is -0.414. The van der Waals surface area contributed by atoms with Crippen LogP contribution in [0.4, 0.5) is 11.4 Å². The summed E-state index contributed by atoms with van der Waals surface area (Å²) in [6, 6.07) is 6.32. The topological polar surface area (TPSA) is 106 Å². The molecule has 0 atom stereocenters. The quantitative estimate of drug-likeness (QED) is 0.131. The first-order valence-electron chi connectivity index (χ1n) is 7.65. The molecule has 0 radical (unpaired) electrons. The molecule has 7 nitrogen and oxygen atoms in total. The monoisotopic (exact) mass is 435 g/mol. The van der Waals surface area contributed by atoms with E-state index in [4.69, 9.17) is 5.73 Å². The average molecular weight is 435 g/mol. The third kappa shape index (κ3) is 9.93. The van der Waals surface area contributed by atoms with E-state index >= 15 is 0 Å². The number of nitrogens with one attached hydrogen (secondary N) is 2. The Hall–Kier alpha value is -1.58. The van der Waals surface area contributed by atoms with Crippen molar-refractivity contribution in [3.05, 3.63) is 34.4 Å². The number of nitro benzene ring substituents is 1. The average Bonchev–Trinajstić information content (AvgIpc) is 2.52. The van der Waals surface area contributed by atoms with Gasteiger partial charge in [-0.25, -0.2) is 0 Å². The minimum Gasteiger partial charge on any atom is -0.383 e. The predicted molar refractivity (Wildman–Crippen MR) is 106 cm³/mol. The second kappa shape index (κ2) is 12.9. The standard InChI is InChI=1S/C15H25N5O2.HI/c1-2-3-4-5-10-18-15(16)19-12-11-17-13-6-8-14(9-7-13)20(21)22;/h6-9,17H,2-5,10-12H2,1H3,(H3,16,18,19);1H. The number of hydrogen-bond donors (Lipinski definition) is 3. The summed E-state index contributed by atoms with van der Waals surface area (Å²) in [5.74, 6) is 0.460. The lowest BCUT2D eigenvalue weighted by atomic mass is 10.2. The molecular formula is C15H26IN5O2. The van der Waals surface area contributed by atoms with Crippen LogP contribution in [0.2, 0.25) is 0 Å². The Morgan fingerprint density at radius 2 is 1.91 bits per heavy atom. The minimum absolute atomic E-state index is 0. The van der Waals surface area contributed by atoms with Gasteiger partial charge >= 0.3 is 0 Å². The van der Waals surface area contributed by atoms with Crippen LogP contribution in [-0.4, -0.2) is 30.5 Å². The first-order valence-corrected chi connectivity index (χ1v) is 7.65. The van der Waals surface area contributed by atoms with Gasteiger partial charge in [0.2, 0.25) is 0 Å². The summed E-state index contributed by atoms with van der Waals surface area (Å²) in [6.45, 7) is 4.23. The van der Waals surface area contributed by atoms with Crippen molar-refractivity contribution in [1.82, 2.24) is 5.32 Å². The SMILES string of the molecule is CCCCCCN=C(N)NCCNc1ccc([N+](=O)[O-])cc1.I. The number of nitrogens with two attached hydrogens (primary N) is 1. The highest BCUT2D eigenvalue weighted by atomic mass is 127. The summed E-state index contributed by atoms with van der Waals surface area (Å²) in [4.78, 5) is 14.4. The molecule has 1 aromatic carbocycles. The van der Waals surface area contributed by atoms with E-state index in [9.17, 15) is 10.1 Å². The highest BCUT2D eigenvalue weighted by Crippen LogP contribution is 2.14. The number of nitro groups is 1. The fourth-order valence-corrected chi connectivity index (χ4v) is 1.89. The van der Waals surface area contributed by atoms with Gasteiger partial charge in [0.25, 0.3) is 5.69 Å². The van der Waals surface area contributed by atoms with E-state index in [1.54, 1.807) is 12.1 Å². The molecule has 1 rings (SSSR count). The van der Waals surface area contributed by atoms with E-state index in [-0.39, 0.29) is 29.7 Å². The molecule has 0 saturated carbocycles. The predicted octanol–water partition coefficient (Wildman–Crippen LogP) is 3.11. The Bertz CT molecular complexity index is 479. The van der Waals surface area contributed by atoms with Crippen LogP contribution < -0.4 is 16.4 Å². The molecule has 0 fully saturated rings. The second-order valence-electron chi connectivity index (χ2n) is 4.99. The van der Waals surface area contributed by atoms with Gasteiger partial charge in [-0.3, -0.25) is 15.1 Å². The first kappa shape index (κ1) is 21.4. The van der Waals surface area contributed by atoms with Crippen LogP contribution in [0, 0.1) is 10.1 Å². The van der Waals surface area contributed by atoms with Crippen LogP contribution in [0.3, 0.4) is 0 Å². The van der Waals surface area contributed by atoms with Crippen LogP contribution in [0.25, 0.3) is 0 Å². The maximum Gasteiger partial charge on any atom is 0.269 e. The van der Waals surface area contributed by atoms with Crippen LogP contribution in [0.1, 0.15) is 32.6 Å². The zero-order valence-electron chi connectivity index (χ0n) is 13.5. The second-order valence-corrected chi connectivity index (χ2v) is 4.99. The number of unbranched alkanes of at least 4 members (excludes halogenated alkanes) is 3. The highest BCUT2D eigenvalue weighted by Gasteiger charge is 2.03. The van der Waals surface area contributed by atoms with E-state index in [1.165, 1.54) is 31.4 Å². The Labute approximate surface area is 154 Å². The maximum atomic E-state index is 10.5. The lowest BCUT2D eigenvalue weighted by Crippen LogP contribution is -2.35. The summed E-state index contributed by atoms with van der Waals surface area (Å²) in [5, 5.41) is 16.7. The van der Waals surface area contributed by atoms with Crippen LogP contribution in [0.15, 0.2) is 29.3 Å². The first-order chi connectivity index (χ1) is 10.6. The van der Waals surface area contributed by atoms with Crippen molar-refractivity contribution < 1.29 is 4.92 Å². The molecule has 0 saturated heterocycles. The third-order valence-corrected chi connectivity index (χ3v) is 3.13. The smallest absolute Gasteiger partial charge is 0.269 e. The van der Waals surface area contributed by atoms with Gasteiger partial charge in [-0.05, 0) is 18.6 Å². The molecular weight excluding hydrogens is 409 g/mol. The molecule has 0 bridgehead atoms. The van der Waals surface area contributed by atoms with Crippen LogP contribution in [-0.2, 0) is 0 Å². The van der Waals surface area contributed by atoms with Gasteiger partial charge in [0.1, 0.15) is 0 Å². The van der Waals surface area contributed by atoms with Crippen molar-refractivity contribution in [2.45, 2.75) is 32.6 Å². The molecule has 0 amide bonds.